The summed E-state index contributed by atoms with van der Waals surface area (Å²) >= 11 is 0. The quantitative estimate of drug-likeness (QED) is 0.650. The minimum atomic E-state index is -0.710. The molecule has 0 unspecified atom stereocenters. The summed E-state index contributed by atoms with van der Waals surface area (Å²) in [5, 5.41) is 3.71. The van der Waals surface area contributed by atoms with E-state index in [1.807, 2.05) is 54.6 Å². The van der Waals surface area contributed by atoms with Crippen LogP contribution in [0.25, 0.3) is 0 Å². The fourth-order valence-electron chi connectivity index (χ4n) is 1.46. The van der Waals surface area contributed by atoms with Crippen molar-refractivity contribution in [1.82, 2.24) is 5.43 Å². The Morgan fingerprint density at radius 3 is 2.53 bits per heavy atom. The highest BCUT2D eigenvalue weighted by Crippen LogP contribution is 2.23. The number of benzene rings is 2. The summed E-state index contributed by atoms with van der Waals surface area (Å²) < 4.78 is 5.73. The van der Waals surface area contributed by atoms with Gasteiger partial charge >= 0.3 is 6.03 Å². The third kappa shape index (κ3) is 3.85. The molecular formula is C14H13N3O2. The van der Waals surface area contributed by atoms with Crippen molar-refractivity contribution in [2.24, 2.45) is 10.8 Å². The van der Waals surface area contributed by atoms with E-state index < -0.39 is 6.03 Å². The van der Waals surface area contributed by atoms with Crippen molar-refractivity contribution in [3.63, 3.8) is 0 Å². The van der Waals surface area contributed by atoms with Crippen LogP contribution in [0.15, 0.2) is 59.7 Å². The molecule has 96 valence electrons. The number of carbonyl (C=O) groups excluding carboxylic acids is 1. The number of primary amides is 1. The molecule has 2 rings (SSSR count). The highest BCUT2D eigenvalue weighted by atomic mass is 16.5. The Balaban J connectivity index is 2.17. The zero-order valence-electron chi connectivity index (χ0n) is 10.1. The first-order valence-electron chi connectivity index (χ1n) is 5.66. The molecule has 2 aromatic carbocycles. The average Bonchev–Trinajstić information content (AvgIpc) is 2.41. The summed E-state index contributed by atoms with van der Waals surface area (Å²) in [4.78, 5) is 10.5. The molecule has 0 saturated heterocycles. The Kier molecular flexibility index (Phi) is 4.12. The van der Waals surface area contributed by atoms with Crippen molar-refractivity contribution in [3.05, 3.63) is 60.2 Å². The highest BCUT2D eigenvalue weighted by molar-refractivity contribution is 5.84. The molecule has 0 radical (unpaired) electrons. The second-order valence-corrected chi connectivity index (χ2v) is 3.69. The molecule has 0 atom stereocenters. The maximum atomic E-state index is 10.5. The number of nitrogens with zero attached hydrogens (tertiary/aromatic N) is 1. The fraction of sp³-hybridized carbons (Fsp3) is 0. The maximum absolute atomic E-state index is 10.5. The number of hydrogen-bond donors (Lipinski definition) is 2. The largest absolute Gasteiger partial charge is 0.457 e. The van der Waals surface area contributed by atoms with Crippen molar-refractivity contribution in [1.29, 1.82) is 0 Å². The van der Waals surface area contributed by atoms with Gasteiger partial charge in [-0.15, -0.1) is 0 Å². The molecule has 0 aliphatic heterocycles. The minimum Gasteiger partial charge on any atom is -0.457 e. The van der Waals surface area contributed by atoms with Gasteiger partial charge in [0.15, 0.2) is 0 Å². The molecule has 0 aliphatic carbocycles. The number of urea groups is 1. The van der Waals surface area contributed by atoms with Gasteiger partial charge < -0.3 is 10.5 Å². The molecule has 19 heavy (non-hydrogen) atoms. The second kappa shape index (κ2) is 6.20. The molecule has 0 bridgehead atoms. The van der Waals surface area contributed by atoms with E-state index in [-0.39, 0.29) is 0 Å². The lowest BCUT2D eigenvalue weighted by Crippen LogP contribution is -2.24. The summed E-state index contributed by atoms with van der Waals surface area (Å²) in [6.07, 6.45) is 1.48. The van der Waals surface area contributed by atoms with Crippen molar-refractivity contribution in [3.8, 4) is 11.5 Å². The number of hydrazone groups is 1. The molecule has 0 aliphatic rings. The van der Waals surface area contributed by atoms with Gasteiger partial charge in [-0.3, -0.25) is 0 Å². The predicted octanol–water partition coefficient (Wildman–Crippen LogP) is 2.48. The van der Waals surface area contributed by atoms with E-state index in [2.05, 4.69) is 10.5 Å². The van der Waals surface area contributed by atoms with Crippen molar-refractivity contribution < 1.29 is 9.53 Å². The van der Waals surface area contributed by atoms with E-state index in [0.29, 0.717) is 5.75 Å². The molecule has 0 spiro atoms. The zero-order valence-corrected chi connectivity index (χ0v) is 10.1. The number of para-hydroxylation sites is 2. The Morgan fingerprint density at radius 1 is 1.11 bits per heavy atom. The molecule has 2 aromatic rings. The molecule has 0 aromatic heterocycles. The summed E-state index contributed by atoms with van der Waals surface area (Å²) in [5.74, 6) is 1.37. The fourth-order valence-corrected chi connectivity index (χ4v) is 1.46. The Bertz CT molecular complexity index is 582. The molecule has 0 heterocycles. The number of carbonyl (C=O) groups is 1. The van der Waals surface area contributed by atoms with Gasteiger partial charge in [0.2, 0.25) is 0 Å². The van der Waals surface area contributed by atoms with Crippen LogP contribution in [-0.4, -0.2) is 12.2 Å². The van der Waals surface area contributed by atoms with E-state index in [4.69, 9.17) is 10.5 Å². The Morgan fingerprint density at radius 2 is 1.79 bits per heavy atom. The number of amides is 2. The SMILES string of the molecule is NC(=O)NN=Cc1ccccc1Oc1ccccc1. The lowest BCUT2D eigenvalue weighted by molar-refractivity contribution is 0.249. The first-order valence-corrected chi connectivity index (χ1v) is 5.66. The summed E-state index contributed by atoms with van der Waals surface area (Å²) in [5.41, 5.74) is 7.80. The molecule has 3 N–H and O–H groups in total. The van der Waals surface area contributed by atoms with Gasteiger partial charge in [0.05, 0.1) is 6.21 Å². The topological polar surface area (TPSA) is 76.7 Å². The van der Waals surface area contributed by atoms with Crippen molar-refractivity contribution >= 4 is 12.2 Å². The van der Waals surface area contributed by atoms with Crippen molar-refractivity contribution in [2.75, 3.05) is 0 Å². The predicted molar refractivity (Wildman–Crippen MR) is 73.3 cm³/mol. The minimum absolute atomic E-state index is 0.642. The van der Waals surface area contributed by atoms with Crippen LogP contribution >= 0.6 is 0 Å². The first kappa shape index (κ1) is 12.6. The molecule has 5 heteroatoms. The number of hydrogen-bond acceptors (Lipinski definition) is 3. The van der Waals surface area contributed by atoms with Gasteiger partial charge in [-0.1, -0.05) is 30.3 Å². The first-order chi connectivity index (χ1) is 9.25. The number of nitrogens with one attached hydrogen (secondary N) is 1. The van der Waals surface area contributed by atoms with Crippen LogP contribution < -0.4 is 15.9 Å². The molecular weight excluding hydrogens is 242 g/mol. The third-order valence-corrected chi connectivity index (χ3v) is 2.27. The monoisotopic (exact) mass is 255 g/mol. The van der Waals surface area contributed by atoms with Gasteiger partial charge in [-0.05, 0) is 24.3 Å². The van der Waals surface area contributed by atoms with E-state index >= 15 is 0 Å². The average molecular weight is 255 g/mol. The molecule has 2 amide bonds. The number of ether oxygens (including phenoxy) is 1. The Hall–Kier alpha value is -2.82. The van der Waals surface area contributed by atoms with Crippen LogP contribution in [-0.2, 0) is 0 Å². The van der Waals surface area contributed by atoms with Crippen LogP contribution in [0.5, 0.6) is 11.5 Å². The van der Waals surface area contributed by atoms with E-state index in [0.717, 1.165) is 11.3 Å². The van der Waals surface area contributed by atoms with Crippen LogP contribution in [0.4, 0.5) is 4.79 Å². The number of nitrogens with two attached hydrogens (primary N) is 1. The molecule has 0 saturated carbocycles. The van der Waals surface area contributed by atoms with Gasteiger partial charge in [-0.25, -0.2) is 10.2 Å². The summed E-state index contributed by atoms with van der Waals surface area (Å²) in [6.45, 7) is 0. The van der Waals surface area contributed by atoms with E-state index in [1.165, 1.54) is 6.21 Å². The van der Waals surface area contributed by atoms with Gasteiger partial charge in [0.1, 0.15) is 11.5 Å². The van der Waals surface area contributed by atoms with Crippen LogP contribution in [0.2, 0.25) is 0 Å². The lowest BCUT2D eigenvalue weighted by Gasteiger charge is -2.07. The van der Waals surface area contributed by atoms with Crippen molar-refractivity contribution in [2.45, 2.75) is 0 Å². The molecule has 5 nitrogen and oxygen atoms in total. The second-order valence-electron chi connectivity index (χ2n) is 3.69. The smallest absolute Gasteiger partial charge is 0.332 e. The third-order valence-electron chi connectivity index (χ3n) is 2.27. The van der Waals surface area contributed by atoms with Gasteiger partial charge in [-0.2, -0.15) is 5.10 Å². The van der Waals surface area contributed by atoms with Gasteiger partial charge in [0, 0.05) is 5.56 Å². The summed E-state index contributed by atoms with van der Waals surface area (Å²) in [7, 11) is 0. The van der Waals surface area contributed by atoms with E-state index in [1.54, 1.807) is 0 Å². The van der Waals surface area contributed by atoms with Gasteiger partial charge in [0.25, 0.3) is 0 Å². The van der Waals surface area contributed by atoms with Crippen LogP contribution in [0, 0.1) is 0 Å². The summed E-state index contributed by atoms with van der Waals surface area (Å²) in [6, 6.07) is 16.0. The van der Waals surface area contributed by atoms with E-state index in [9.17, 15) is 4.79 Å². The Labute approximate surface area is 110 Å². The standard InChI is InChI=1S/C14H13N3O2/c15-14(18)17-16-10-11-6-4-5-9-13(11)19-12-7-2-1-3-8-12/h1-10H,(H3,15,17,18). The zero-order chi connectivity index (χ0) is 13.5. The lowest BCUT2D eigenvalue weighted by atomic mass is 10.2. The highest BCUT2D eigenvalue weighted by Gasteiger charge is 2.01. The van der Waals surface area contributed by atoms with Crippen LogP contribution in [0.1, 0.15) is 5.56 Å². The number of rotatable bonds is 4. The normalized spacial score (nSPS) is 10.3. The maximum Gasteiger partial charge on any atom is 0.332 e. The van der Waals surface area contributed by atoms with Crippen LogP contribution in [0.3, 0.4) is 0 Å². The molecule has 0 fully saturated rings.